The van der Waals surface area contributed by atoms with E-state index in [1.165, 1.54) is 0 Å². The van der Waals surface area contributed by atoms with E-state index < -0.39 is 0 Å². The number of rotatable bonds is 9. The number of amides is 1. The molecule has 0 atom stereocenters. The molecule has 1 N–H and O–H groups in total. The van der Waals surface area contributed by atoms with E-state index in [0.717, 1.165) is 13.0 Å². The van der Waals surface area contributed by atoms with Crippen molar-refractivity contribution in [1.82, 2.24) is 9.80 Å². The third-order valence-electron chi connectivity index (χ3n) is 2.58. The predicted molar refractivity (Wildman–Crippen MR) is 66.3 cm³/mol. The van der Waals surface area contributed by atoms with Gasteiger partial charge in [-0.1, -0.05) is 6.92 Å². The lowest BCUT2D eigenvalue weighted by molar-refractivity contribution is -0.130. The van der Waals surface area contributed by atoms with E-state index in [9.17, 15) is 4.79 Å². The van der Waals surface area contributed by atoms with Crippen LogP contribution in [0, 0.1) is 11.3 Å². The first kappa shape index (κ1) is 15.9. The monoisotopic (exact) mass is 241 g/mol. The second-order valence-electron chi connectivity index (χ2n) is 4.04. The topological polar surface area (TPSA) is 67.6 Å². The van der Waals surface area contributed by atoms with Gasteiger partial charge in [-0.3, -0.25) is 4.79 Å². The minimum Gasteiger partial charge on any atom is -0.395 e. The van der Waals surface area contributed by atoms with Crippen molar-refractivity contribution in [3.05, 3.63) is 0 Å². The predicted octanol–water partition coefficient (Wildman–Crippen LogP) is 0.453. The third-order valence-corrected chi connectivity index (χ3v) is 2.58. The average Bonchev–Trinajstić information content (AvgIpc) is 2.33. The fourth-order valence-corrected chi connectivity index (χ4v) is 1.58. The van der Waals surface area contributed by atoms with Gasteiger partial charge in [0, 0.05) is 33.1 Å². The van der Waals surface area contributed by atoms with Gasteiger partial charge >= 0.3 is 0 Å². The van der Waals surface area contributed by atoms with Gasteiger partial charge in [-0.05, 0) is 13.0 Å². The number of hydrogen-bond acceptors (Lipinski definition) is 4. The lowest BCUT2D eigenvalue weighted by Gasteiger charge is -2.22. The summed E-state index contributed by atoms with van der Waals surface area (Å²) in [5.74, 6) is 0.0549. The number of aliphatic hydroxyl groups excluding tert-OH is 1. The minimum atomic E-state index is 0.0549. The van der Waals surface area contributed by atoms with Crippen LogP contribution in [-0.2, 0) is 4.79 Å². The van der Waals surface area contributed by atoms with Crippen molar-refractivity contribution in [3.8, 4) is 6.07 Å². The molecule has 5 heteroatoms. The summed E-state index contributed by atoms with van der Waals surface area (Å²) in [7, 11) is 1.72. The number of carbonyl (C=O) groups excluding carboxylic acids is 1. The highest BCUT2D eigenvalue weighted by Crippen LogP contribution is 1.98. The third kappa shape index (κ3) is 7.72. The van der Waals surface area contributed by atoms with E-state index in [1.54, 1.807) is 11.9 Å². The summed E-state index contributed by atoms with van der Waals surface area (Å²) >= 11 is 0. The molecule has 1 amide bonds. The van der Waals surface area contributed by atoms with E-state index in [4.69, 9.17) is 10.4 Å². The Morgan fingerprint density at radius 2 is 2.00 bits per heavy atom. The summed E-state index contributed by atoms with van der Waals surface area (Å²) in [6, 6.07) is 2.02. The van der Waals surface area contributed by atoms with Gasteiger partial charge in [-0.2, -0.15) is 5.26 Å². The summed E-state index contributed by atoms with van der Waals surface area (Å²) in [4.78, 5) is 15.4. The SMILES string of the molecule is CCCN(CCO)CCC(=O)N(C)CCC#N. The number of aliphatic hydroxyl groups is 1. The maximum atomic E-state index is 11.7. The smallest absolute Gasteiger partial charge is 0.223 e. The molecule has 0 aliphatic carbocycles. The summed E-state index contributed by atoms with van der Waals surface area (Å²) in [6.07, 6.45) is 1.83. The number of nitriles is 1. The van der Waals surface area contributed by atoms with Gasteiger partial charge in [0.1, 0.15) is 0 Å². The zero-order chi connectivity index (χ0) is 13.1. The zero-order valence-corrected chi connectivity index (χ0v) is 10.9. The maximum absolute atomic E-state index is 11.7. The molecule has 0 aliphatic heterocycles. The Hall–Kier alpha value is -1.12. The highest BCUT2D eigenvalue weighted by atomic mass is 16.3. The summed E-state index contributed by atoms with van der Waals surface area (Å²) in [5.41, 5.74) is 0. The van der Waals surface area contributed by atoms with Crippen LogP contribution in [0.15, 0.2) is 0 Å². The lowest BCUT2D eigenvalue weighted by Crippen LogP contribution is -2.34. The van der Waals surface area contributed by atoms with E-state index in [0.29, 0.717) is 32.5 Å². The first-order chi connectivity index (χ1) is 8.15. The van der Waals surface area contributed by atoms with Gasteiger partial charge in [-0.15, -0.1) is 0 Å². The van der Waals surface area contributed by atoms with Gasteiger partial charge in [0.05, 0.1) is 19.1 Å². The molecule has 0 spiro atoms. The van der Waals surface area contributed by atoms with Crippen molar-refractivity contribution in [3.63, 3.8) is 0 Å². The molecule has 98 valence electrons. The fraction of sp³-hybridized carbons (Fsp3) is 0.833. The molecule has 0 heterocycles. The fourth-order valence-electron chi connectivity index (χ4n) is 1.58. The molecule has 0 aromatic carbocycles. The Balaban J connectivity index is 3.90. The molecule has 0 saturated carbocycles. The molecule has 0 rings (SSSR count). The molecular weight excluding hydrogens is 218 g/mol. The number of carbonyl (C=O) groups is 1. The Labute approximate surface area is 104 Å². The van der Waals surface area contributed by atoms with Crippen molar-refractivity contribution >= 4 is 5.91 Å². The molecule has 0 fully saturated rings. The van der Waals surface area contributed by atoms with Crippen molar-refractivity contribution in [2.45, 2.75) is 26.2 Å². The van der Waals surface area contributed by atoms with Crippen molar-refractivity contribution < 1.29 is 9.90 Å². The summed E-state index contributed by atoms with van der Waals surface area (Å²) < 4.78 is 0. The highest BCUT2D eigenvalue weighted by Gasteiger charge is 2.10. The second kappa shape index (κ2) is 10.1. The molecule has 0 bridgehead atoms. The lowest BCUT2D eigenvalue weighted by atomic mass is 10.3. The van der Waals surface area contributed by atoms with Crippen LogP contribution in [0.25, 0.3) is 0 Å². The molecule has 0 aromatic rings. The summed E-state index contributed by atoms with van der Waals surface area (Å²) in [5, 5.41) is 17.3. The molecule has 17 heavy (non-hydrogen) atoms. The number of nitrogens with zero attached hydrogens (tertiary/aromatic N) is 3. The van der Waals surface area contributed by atoms with Crippen molar-refractivity contribution in [2.24, 2.45) is 0 Å². The normalized spacial score (nSPS) is 10.3. The van der Waals surface area contributed by atoms with E-state index in [1.807, 2.05) is 6.07 Å². The van der Waals surface area contributed by atoms with Crippen LogP contribution in [0.1, 0.15) is 26.2 Å². The molecule has 5 nitrogen and oxygen atoms in total. The second-order valence-corrected chi connectivity index (χ2v) is 4.04. The van der Waals surface area contributed by atoms with Gasteiger partial charge in [0.2, 0.25) is 5.91 Å². The van der Waals surface area contributed by atoms with Crippen LogP contribution in [0.3, 0.4) is 0 Å². The quantitative estimate of drug-likeness (QED) is 0.636. The standard InChI is InChI=1S/C12H23N3O2/c1-3-7-15(10-11-16)9-5-12(17)14(2)8-4-6-13/h16H,3-5,7-11H2,1-2H3. The van der Waals surface area contributed by atoms with E-state index >= 15 is 0 Å². The van der Waals surface area contributed by atoms with Crippen LogP contribution in [0.4, 0.5) is 0 Å². The minimum absolute atomic E-state index is 0.0549. The van der Waals surface area contributed by atoms with Crippen molar-refractivity contribution in [2.75, 3.05) is 39.8 Å². The molecule has 0 aliphatic rings. The van der Waals surface area contributed by atoms with Crippen molar-refractivity contribution in [1.29, 1.82) is 5.26 Å². The van der Waals surface area contributed by atoms with Gasteiger partial charge in [0.25, 0.3) is 0 Å². The molecule has 0 radical (unpaired) electrons. The van der Waals surface area contributed by atoms with Crippen LogP contribution in [0.2, 0.25) is 0 Å². The van der Waals surface area contributed by atoms with E-state index in [2.05, 4.69) is 11.8 Å². The maximum Gasteiger partial charge on any atom is 0.223 e. The largest absolute Gasteiger partial charge is 0.395 e. The Morgan fingerprint density at radius 3 is 2.53 bits per heavy atom. The Kier molecular flexibility index (Phi) is 9.40. The molecule has 0 unspecified atom stereocenters. The van der Waals surface area contributed by atoms with Crippen LogP contribution < -0.4 is 0 Å². The first-order valence-electron chi connectivity index (χ1n) is 6.09. The van der Waals surface area contributed by atoms with Crippen LogP contribution in [-0.4, -0.2) is 60.6 Å². The molecule has 0 aromatic heterocycles. The van der Waals surface area contributed by atoms with Gasteiger partial charge < -0.3 is 14.9 Å². The Morgan fingerprint density at radius 1 is 1.29 bits per heavy atom. The molecular formula is C12H23N3O2. The van der Waals surface area contributed by atoms with Crippen LogP contribution >= 0.6 is 0 Å². The van der Waals surface area contributed by atoms with E-state index in [-0.39, 0.29) is 12.5 Å². The molecule has 0 saturated heterocycles. The highest BCUT2D eigenvalue weighted by molar-refractivity contribution is 5.76. The van der Waals surface area contributed by atoms with Gasteiger partial charge in [0.15, 0.2) is 0 Å². The Bertz CT molecular complexity index is 245. The average molecular weight is 241 g/mol. The zero-order valence-electron chi connectivity index (χ0n) is 10.9. The number of hydrogen-bond donors (Lipinski definition) is 1. The first-order valence-corrected chi connectivity index (χ1v) is 6.09. The van der Waals surface area contributed by atoms with Crippen LogP contribution in [0.5, 0.6) is 0 Å². The van der Waals surface area contributed by atoms with Gasteiger partial charge in [-0.25, -0.2) is 0 Å². The summed E-state index contributed by atoms with van der Waals surface area (Å²) in [6.45, 7) is 4.87.